The first-order valence-electron chi connectivity index (χ1n) is 16.6. The molecule has 13 atom stereocenters. The van der Waals surface area contributed by atoms with E-state index < -0.39 is 115 Å². The number of ether oxygens (including phenoxy) is 2. The lowest BCUT2D eigenvalue weighted by atomic mass is 9.82. The Morgan fingerprint density at radius 3 is 1.84 bits per heavy atom. The second-order valence-corrected chi connectivity index (χ2v) is 13.1. The molecule has 3 aromatic rings. The van der Waals surface area contributed by atoms with Crippen molar-refractivity contribution in [2.75, 3.05) is 11.1 Å². The van der Waals surface area contributed by atoms with Crippen LogP contribution in [0.15, 0.2) is 35.3 Å². The fourth-order valence-corrected chi connectivity index (χ4v) is 5.93. The van der Waals surface area contributed by atoms with Gasteiger partial charge in [-0.3, -0.25) is 19.4 Å². The Kier molecular flexibility index (Phi) is 12.2. The highest BCUT2D eigenvalue weighted by Gasteiger charge is 2.62. The first-order chi connectivity index (χ1) is 26.2. The quantitative estimate of drug-likeness (QED) is 0.0632. The van der Waals surface area contributed by atoms with Gasteiger partial charge in [0.05, 0.1) is 18.4 Å². The van der Waals surface area contributed by atoms with Crippen molar-refractivity contribution in [3.05, 3.63) is 52.1 Å². The number of benzene rings is 1. The number of nitrogens with one attached hydrogen (secondary N) is 3. The van der Waals surface area contributed by atoms with Gasteiger partial charge in [0.2, 0.25) is 5.95 Å². The third-order valence-corrected chi connectivity index (χ3v) is 9.26. The molecule has 25 nitrogen and oxygen atoms in total. The standard InChI is InChI=1S/C31H39N7O18/c32-29-37-25-14(27(51)38-29)35-11(8-34-25)7-33-10-3-1-9(2-4-10)26(50)36-12(28(52)56-31(54)23(48)19(44)16(41)20(45)24(31)49)5-6-13(39)55-30(53)21(46)17(42)15(40)18(43)22(30)47/h1-4,8,12,15-24,33,40-49,53-54H,5-7H2,(H,36,50)(H3,32,34,37,38,51)/t12-,15?,16?,17-,18+,19-,20+,21+,22+,23+,24+,30?,31?/m0/s1. The molecule has 2 saturated carbocycles. The minimum absolute atomic E-state index is 0.0261. The van der Waals surface area contributed by atoms with Gasteiger partial charge in [-0.05, 0) is 30.7 Å². The Hall–Kier alpha value is -5.03. The number of rotatable bonds is 11. The van der Waals surface area contributed by atoms with Gasteiger partial charge in [0.1, 0.15) is 42.7 Å². The zero-order valence-corrected chi connectivity index (χ0v) is 28.6. The molecule has 4 unspecified atom stereocenters. The third-order valence-electron chi connectivity index (χ3n) is 9.26. The van der Waals surface area contributed by atoms with Crippen LogP contribution in [-0.2, 0) is 25.6 Å². The average molecular weight is 798 g/mol. The van der Waals surface area contributed by atoms with E-state index in [0.29, 0.717) is 11.4 Å². The van der Waals surface area contributed by atoms with Crippen LogP contribution < -0.4 is 21.9 Å². The Morgan fingerprint density at radius 1 is 0.786 bits per heavy atom. The van der Waals surface area contributed by atoms with Gasteiger partial charge in [-0.15, -0.1) is 0 Å². The molecule has 5 rings (SSSR count). The van der Waals surface area contributed by atoms with Crippen LogP contribution in [0.5, 0.6) is 0 Å². The van der Waals surface area contributed by atoms with Crippen LogP contribution in [-0.4, -0.2) is 178 Å². The van der Waals surface area contributed by atoms with Gasteiger partial charge in [0.15, 0.2) is 35.6 Å². The predicted octanol–water partition coefficient (Wildman–Crippen LogP) is -8.11. The van der Waals surface area contributed by atoms with E-state index in [4.69, 9.17) is 15.2 Å². The number of H-pyrrole nitrogens is 1. The number of amides is 1. The summed E-state index contributed by atoms with van der Waals surface area (Å²) in [6, 6.07) is 3.32. The van der Waals surface area contributed by atoms with E-state index in [0.717, 1.165) is 0 Å². The number of carbonyl (C=O) groups is 3. The Labute approximate surface area is 312 Å². The maximum atomic E-state index is 13.4. The SMILES string of the molecule is Nc1nc2ncc(CNc3ccc(C(=O)N[C@@H](CCC(=O)OC4(O)[C@H](O)[C@H](O)C(O)[C@H](O)[C@H]4O)C(=O)OC4(O)[C@H](O)[C@H](O)C(O)[C@H](O)[C@H]4O)cc3)nc2c(=O)[nH]1. The monoisotopic (exact) mass is 797 g/mol. The molecular formula is C31H39N7O18. The number of fused-ring (bicyclic) bond motifs is 1. The highest BCUT2D eigenvalue weighted by atomic mass is 16.7. The van der Waals surface area contributed by atoms with E-state index in [1.807, 2.05) is 0 Å². The van der Waals surface area contributed by atoms with Gasteiger partial charge in [-0.25, -0.2) is 14.8 Å². The first kappa shape index (κ1) is 42.1. The Balaban J connectivity index is 1.30. The van der Waals surface area contributed by atoms with E-state index >= 15 is 0 Å². The van der Waals surface area contributed by atoms with Gasteiger partial charge in [0, 0.05) is 17.7 Å². The molecule has 17 N–H and O–H groups in total. The van der Waals surface area contributed by atoms with Crippen LogP contribution in [0.2, 0.25) is 0 Å². The number of aliphatic hydroxyl groups is 12. The minimum Gasteiger partial charge on any atom is -0.427 e. The van der Waals surface area contributed by atoms with Crippen molar-refractivity contribution in [1.29, 1.82) is 0 Å². The van der Waals surface area contributed by atoms with E-state index in [9.17, 15) is 80.5 Å². The number of aromatic nitrogens is 4. The summed E-state index contributed by atoms with van der Waals surface area (Å²) in [5.41, 5.74) is 5.48. The lowest BCUT2D eigenvalue weighted by molar-refractivity contribution is -0.348. The lowest BCUT2D eigenvalue weighted by Crippen LogP contribution is -2.72. The summed E-state index contributed by atoms with van der Waals surface area (Å²) < 4.78 is 9.56. The largest absolute Gasteiger partial charge is 0.427 e. The zero-order valence-electron chi connectivity index (χ0n) is 28.6. The second-order valence-electron chi connectivity index (χ2n) is 13.1. The highest BCUT2D eigenvalue weighted by molar-refractivity contribution is 5.97. The number of hydrogen-bond donors (Lipinski definition) is 16. The van der Waals surface area contributed by atoms with Crippen molar-refractivity contribution < 1.29 is 85.1 Å². The van der Waals surface area contributed by atoms with Crippen LogP contribution in [0, 0.1) is 0 Å². The van der Waals surface area contributed by atoms with Gasteiger partial charge < -0.3 is 87.1 Å². The third kappa shape index (κ3) is 8.10. The minimum atomic E-state index is -3.50. The van der Waals surface area contributed by atoms with Gasteiger partial charge in [-0.1, -0.05) is 0 Å². The molecular weight excluding hydrogens is 758 g/mol. The molecule has 0 spiro atoms. The second kappa shape index (κ2) is 16.2. The normalized spacial score (nSPS) is 33.6. The first-order valence-corrected chi connectivity index (χ1v) is 16.6. The van der Waals surface area contributed by atoms with E-state index in [-0.39, 0.29) is 29.2 Å². The number of esters is 2. The number of nitrogens with two attached hydrogens (primary N) is 1. The Morgan fingerprint density at radius 2 is 1.30 bits per heavy atom. The summed E-state index contributed by atoms with van der Waals surface area (Å²) in [6.07, 6.45) is -24.7. The summed E-state index contributed by atoms with van der Waals surface area (Å²) in [4.78, 5) is 66.1. The molecule has 0 aliphatic heterocycles. The highest BCUT2D eigenvalue weighted by Crippen LogP contribution is 2.34. The van der Waals surface area contributed by atoms with E-state index in [1.54, 1.807) is 0 Å². The summed E-state index contributed by atoms with van der Waals surface area (Å²) in [6.45, 7) is 0.0467. The van der Waals surface area contributed by atoms with Crippen molar-refractivity contribution in [2.45, 2.75) is 98.0 Å². The van der Waals surface area contributed by atoms with Crippen molar-refractivity contribution in [3.63, 3.8) is 0 Å². The molecule has 0 radical (unpaired) electrons. The number of nitrogen functional groups attached to an aromatic ring is 1. The molecule has 306 valence electrons. The number of hydrogen-bond acceptors (Lipinski definition) is 23. The van der Waals surface area contributed by atoms with Crippen LogP contribution in [0.25, 0.3) is 11.2 Å². The maximum Gasteiger partial charge on any atom is 0.331 e. The molecule has 0 bridgehead atoms. The zero-order chi connectivity index (χ0) is 41.4. The number of carbonyl (C=O) groups excluding carboxylic acids is 3. The molecule has 0 saturated heterocycles. The topological polar surface area (TPSA) is 434 Å². The molecule has 2 fully saturated rings. The van der Waals surface area contributed by atoms with Gasteiger partial charge >= 0.3 is 11.9 Å². The summed E-state index contributed by atoms with van der Waals surface area (Å²) >= 11 is 0. The lowest BCUT2D eigenvalue weighted by Gasteiger charge is -2.46. The number of anilines is 2. The smallest absolute Gasteiger partial charge is 0.331 e. The molecule has 25 heteroatoms. The molecule has 2 aliphatic rings. The van der Waals surface area contributed by atoms with Crippen molar-refractivity contribution in [3.8, 4) is 0 Å². The van der Waals surface area contributed by atoms with Crippen molar-refractivity contribution in [1.82, 2.24) is 25.3 Å². The van der Waals surface area contributed by atoms with Gasteiger partial charge in [0.25, 0.3) is 23.0 Å². The van der Waals surface area contributed by atoms with Gasteiger partial charge in [-0.2, -0.15) is 4.98 Å². The van der Waals surface area contributed by atoms with E-state index in [2.05, 4.69) is 30.6 Å². The molecule has 1 amide bonds. The van der Waals surface area contributed by atoms with Crippen LogP contribution in [0.3, 0.4) is 0 Å². The van der Waals surface area contributed by atoms with Crippen LogP contribution in [0.1, 0.15) is 28.9 Å². The van der Waals surface area contributed by atoms with Crippen LogP contribution >= 0.6 is 0 Å². The fourth-order valence-electron chi connectivity index (χ4n) is 5.93. The maximum absolute atomic E-state index is 13.4. The molecule has 56 heavy (non-hydrogen) atoms. The molecule has 2 aromatic heterocycles. The summed E-state index contributed by atoms with van der Waals surface area (Å²) in [5.74, 6) is -11.3. The van der Waals surface area contributed by atoms with Crippen molar-refractivity contribution >= 4 is 40.6 Å². The number of aromatic amines is 1. The summed E-state index contributed by atoms with van der Waals surface area (Å²) in [7, 11) is 0. The molecule has 2 heterocycles. The van der Waals surface area contributed by atoms with E-state index in [1.165, 1.54) is 30.5 Å². The average Bonchev–Trinajstić information content (AvgIpc) is 3.17. The number of nitrogens with zero attached hydrogens (tertiary/aromatic N) is 3. The van der Waals surface area contributed by atoms with Crippen LogP contribution in [0.4, 0.5) is 11.6 Å². The fraction of sp³-hybridized carbons (Fsp3) is 0.516. The predicted molar refractivity (Wildman–Crippen MR) is 179 cm³/mol. The number of aliphatic hydroxyl groups excluding tert-OH is 10. The summed E-state index contributed by atoms with van der Waals surface area (Å²) in [5, 5.41) is 127. The molecule has 1 aromatic carbocycles. The van der Waals surface area contributed by atoms with Crippen molar-refractivity contribution in [2.24, 2.45) is 0 Å². The molecule has 2 aliphatic carbocycles. The Bertz CT molecular complexity index is 1950.